The Morgan fingerprint density at radius 1 is 0.614 bits per heavy atom. The Hall–Kier alpha value is -9.80. The van der Waals surface area contributed by atoms with E-state index in [2.05, 4.69) is 46.6 Å². The molecule has 0 aliphatic carbocycles. The molecule has 37 nitrogen and oxygen atoms in total. The summed E-state index contributed by atoms with van der Waals surface area (Å²) >= 11 is 0. The van der Waals surface area contributed by atoms with Crippen molar-refractivity contribution in [3.05, 3.63) is 81.4 Å². The summed E-state index contributed by atoms with van der Waals surface area (Å²) in [7, 11) is 0.383. The lowest BCUT2D eigenvalue weighted by Crippen LogP contribution is -2.52. The molecule has 5 amide bonds. The minimum atomic E-state index is -5.77. The minimum absolute atomic E-state index is 0.0279. The number of nitrogens with one attached hydrogen (secondary N) is 8. The normalized spacial score (nSPS) is 14.0. The number of rotatable bonds is 45. The zero-order valence-electron chi connectivity index (χ0n) is 64.1. The number of benzene rings is 2. The van der Waals surface area contributed by atoms with E-state index in [4.69, 9.17) is 23.7 Å². The number of aromatic amines is 1. The number of nitrogens with zero attached hydrogens (tertiary/aromatic N) is 6. The van der Waals surface area contributed by atoms with Gasteiger partial charge in [-0.1, -0.05) is 13.0 Å². The highest BCUT2D eigenvalue weighted by Crippen LogP contribution is 2.27. The summed E-state index contributed by atoms with van der Waals surface area (Å²) < 4.78 is 124. The molecule has 0 unspecified atom stereocenters. The zero-order chi connectivity index (χ0) is 85.1. The van der Waals surface area contributed by atoms with Gasteiger partial charge in [0.05, 0.1) is 63.0 Å². The smallest absolute Gasteiger partial charge is 0.458 e. The second kappa shape index (κ2) is 51.1. The van der Waals surface area contributed by atoms with Gasteiger partial charge < -0.3 is 85.6 Å². The first-order chi connectivity index (χ1) is 53.8. The van der Waals surface area contributed by atoms with Crippen LogP contribution in [0.5, 0.6) is 5.75 Å². The van der Waals surface area contributed by atoms with Gasteiger partial charge in [-0.2, -0.15) is 31.1 Å². The maximum Gasteiger partial charge on any atom is 0.458 e. The highest BCUT2D eigenvalue weighted by atomic mass is 32.2. The number of pyridine rings is 1. The molecule has 114 heavy (non-hydrogen) atoms. The number of ether oxygens (including phenoxy) is 5. The topological polar surface area (TPSA) is 497 Å². The molecule has 2 aromatic heterocycles. The van der Waals surface area contributed by atoms with E-state index in [9.17, 15) is 113 Å². The van der Waals surface area contributed by atoms with Crippen molar-refractivity contribution in [2.45, 2.75) is 102 Å². The molecule has 638 valence electrons. The summed E-state index contributed by atoms with van der Waals surface area (Å²) in [5, 5.41) is 54.9. The first kappa shape index (κ1) is 98.4. The number of carbonyl (C=O) groups excluding carboxylic acids is 7. The number of methoxy groups -OCH3 is 2. The number of hydrogen-bond acceptors (Lipinski definition) is 25. The van der Waals surface area contributed by atoms with Crippen molar-refractivity contribution in [1.29, 1.82) is 0 Å². The molecule has 1 saturated heterocycles. The lowest BCUT2D eigenvalue weighted by molar-refractivity contribution is -0.193. The fraction of sp³-hybridized carbons (Fsp3) is 0.586. The Morgan fingerprint density at radius 2 is 1.13 bits per heavy atom. The molecule has 0 bridgehead atoms. The maximum absolute atomic E-state index is 13.4. The highest BCUT2D eigenvalue weighted by Gasteiger charge is 2.54. The largest absolute Gasteiger partial charge is 0.494 e. The van der Waals surface area contributed by atoms with Crippen LogP contribution in [0.4, 0.5) is 32.3 Å². The lowest BCUT2D eigenvalue weighted by Gasteiger charge is -2.33. The first-order valence-corrected chi connectivity index (χ1v) is 37.4. The Bertz CT molecular complexity index is 3890. The van der Waals surface area contributed by atoms with Gasteiger partial charge in [0.15, 0.2) is 5.95 Å². The highest BCUT2D eigenvalue weighted by molar-refractivity contribution is 7.89. The third-order valence-electron chi connectivity index (χ3n) is 16.4. The van der Waals surface area contributed by atoms with Crippen LogP contribution in [0.1, 0.15) is 78.9 Å². The molecule has 3 heterocycles. The Morgan fingerprint density at radius 3 is 1.64 bits per heavy atom. The fourth-order valence-electron chi connectivity index (χ4n) is 10.8. The molecule has 44 heteroatoms. The Labute approximate surface area is 652 Å². The molecule has 0 saturated carbocycles. The number of sulfonamides is 1. The molecule has 0 spiro atoms. The number of alkyl halides is 6. The third-order valence-corrected chi connectivity index (χ3v) is 18.2. The van der Waals surface area contributed by atoms with Crippen molar-refractivity contribution in [2.75, 3.05) is 171 Å². The molecule has 0 radical (unpaired) electrons. The standard InChI is InChI=1S/C34H43N7O9S.C32H59N7O12.C4F6O2/c1-21-15-24(50-14-5-7-29(42)35-10-6-13-49-4)16-22(2)31(21)51(47,48)40-27(33(45)46)19-38-32(44)26-20-41(3)28-17-23(8-9-25(28)30(26)43)18-39-34-36-11-12-37-34;1-3-17-50-20-21-51-18-4-7-34-32(48)26(5-6-27(40)33-8-19-49-2)35-28(41)22-36-9-11-37(23-29(42)43)13-15-39(25-31(46)47)16-14-38(12-10-36)24-30(44)45;5-3(6,7)1(11)2(12)4(8,9)10/h8-9,11-12,15-17,20,27,40H,5-7,10,13-14,18-19H2,1-4H3,(H,35,42)(H,38,44)(H,45,46)(H2,36,37,39);26H,3-25H2,1-2H3,(H,33,40)(H,34,48)(H,35,41)(H,42,43)(H,44,45)(H,46,47);/t27-;26-;/m01./s1. The fourth-order valence-corrected chi connectivity index (χ4v) is 12.5. The van der Waals surface area contributed by atoms with Crippen LogP contribution in [0, 0.1) is 13.8 Å². The number of carboxylic acid groups (broad SMARTS) is 4. The van der Waals surface area contributed by atoms with E-state index >= 15 is 0 Å². The number of halogens is 6. The number of Topliss-reactive ketones (excluding diaryl/α,β-unsaturated/α-hetero) is 2. The van der Waals surface area contributed by atoms with Gasteiger partial charge in [-0.3, -0.25) is 77.1 Å². The number of ketones is 2. The summed E-state index contributed by atoms with van der Waals surface area (Å²) in [6.07, 6.45) is -4.02. The summed E-state index contributed by atoms with van der Waals surface area (Å²) in [5.41, 5.74) is 1.26. The van der Waals surface area contributed by atoms with Crippen LogP contribution in [0.3, 0.4) is 0 Å². The molecule has 4 aromatic rings. The van der Waals surface area contributed by atoms with Crippen LogP contribution in [0.15, 0.2) is 58.6 Å². The van der Waals surface area contributed by atoms with E-state index in [1.165, 1.54) is 25.4 Å². The first-order valence-electron chi connectivity index (χ1n) is 35.9. The number of imidazole rings is 1. The number of anilines is 1. The van der Waals surface area contributed by atoms with Crippen molar-refractivity contribution in [3.8, 4) is 5.75 Å². The number of aliphatic carboxylic acids is 4. The molecule has 2 aromatic carbocycles. The van der Waals surface area contributed by atoms with Gasteiger partial charge in [-0.05, 0) is 86.9 Å². The van der Waals surface area contributed by atoms with Crippen molar-refractivity contribution in [2.24, 2.45) is 7.05 Å². The van der Waals surface area contributed by atoms with Crippen LogP contribution in [-0.4, -0.2) is 318 Å². The van der Waals surface area contributed by atoms with Crippen LogP contribution < -0.4 is 46.8 Å². The quantitative estimate of drug-likeness (QED) is 0.0164. The number of carbonyl (C=O) groups is 11. The average molecular weight is 1650 g/mol. The number of hydrogen-bond donors (Lipinski definition) is 12. The molecule has 12 N–H and O–H groups in total. The number of carboxylic acids is 4. The molecule has 1 aliphatic heterocycles. The average Bonchev–Trinajstić information content (AvgIpc) is 0.794. The van der Waals surface area contributed by atoms with Crippen LogP contribution in [0.2, 0.25) is 0 Å². The van der Waals surface area contributed by atoms with Crippen LogP contribution in [-0.2, 0) is 90.5 Å². The number of fused-ring (bicyclic) bond motifs is 1. The van der Waals surface area contributed by atoms with Gasteiger partial charge in [-0.25, -0.2) is 13.4 Å². The van der Waals surface area contributed by atoms with E-state index in [1.54, 1.807) is 82.8 Å². The van der Waals surface area contributed by atoms with Crippen molar-refractivity contribution in [3.63, 3.8) is 0 Å². The lowest BCUT2D eigenvalue weighted by atomic mass is 10.1. The van der Waals surface area contributed by atoms with Crippen LogP contribution >= 0.6 is 0 Å². The summed E-state index contributed by atoms with van der Waals surface area (Å²) in [5.74, 6) is -12.8. The molecule has 5 rings (SSSR count). The third kappa shape index (κ3) is 38.4. The maximum atomic E-state index is 13.4. The number of aryl methyl sites for hydroxylation is 3. The van der Waals surface area contributed by atoms with Gasteiger partial charge in [0, 0.05) is 163 Å². The van der Waals surface area contributed by atoms with Gasteiger partial charge >= 0.3 is 47.8 Å². The predicted octanol–water partition coefficient (Wildman–Crippen LogP) is 0.652. The van der Waals surface area contributed by atoms with E-state index in [0.717, 1.165) is 12.0 Å². The summed E-state index contributed by atoms with van der Waals surface area (Å²) in [6, 6.07) is 5.41. The van der Waals surface area contributed by atoms with E-state index in [0.29, 0.717) is 107 Å². The monoisotopic (exact) mass is 1650 g/mol. The minimum Gasteiger partial charge on any atom is -0.494 e. The Kier molecular flexibility index (Phi) is 44.1. The van der Waals surface area contributed by atoms with E-state index < -0.39 is 99.6 Å². The number of aromatic nitrogens is 3. The van der Waals surface area contributed by atoms with E-state index in [-0.39, 0.29) is 139 Å². The summed E-state index contributed by atoms with van der Waals surface area (Å²) in [6.45, 7) is 9.98. The van der Waals surface area contributed by atoms with Crippen molar-refractivity contribution in [1.82, 2.24) is 65.4 Å². The van der Waals surface area contributed by atoms with Gasteiger partial charge in [-0.15, -0.1) is 0 Å². The SMILES string of the molecule is CCCOCCOCCCNC(=O)[C@@H](CCC(=O)NCCOC)NC(=O)CN1CCN(CC(=O)O)CCN(CC(=O)O)CCN(CC(=O)O)CC1.COCCCNC(=O)CCCOc1cc(C)c(S(=O)(=O)N[C@@H](CNC(=O)c2cn(C)c3cc(CNc4ncc[nH]4)ccc3c2=O)C(=O)O)c(C)c1.O=C(C(=O)C(F)(F)F)C(F)(F)F. The summed E-state index contributed by atoms with van der Waals surface area (Å²) in [4.78, 5) is 157. The number of H-pyrrole nitrogens is 1. The molecule has 1 aliphatic rings. The molecule has 2 atom stereocenters. The van der Waals surface area contributed by atoms with E-state index in [1.807, 2.05) is 6.92 Å². The second-order valence-corrected chi connectivity index (χ2v) is 27.3. The molecular weight excluding hydrogens is 1550 g/mol. The molecular formula is C70H102F6N14O23S. The van der Waals surface area contributed by atoms with Crippen LogP contribution in [0.25, 0.3) is 10.9 Å². The second-order valence-electron chi connectivity index (χ2n) is 25.7. The predicted molar refractivity (Wildman–Crippen MR) is 396 cm³/mol. The van der Waals surface area contributed by atoms with Gasteiger partial charge in [0.2, 0.25) is 39.1 Å². The molecule has 1 fully saturated rings. The Balaban J connectivity index is 0.000000515. The number of amides is 5. The zero-order valence-corrected chi connectivity index (χ0v) is 64.9. The van der Waals surface area contributed by atoms with Crippen molar-refractivity contribution >= 4 is 91.9 Å². The van der Waals surface area contributed by atoms with Gasteiger partial charge in [0.1, 0.15) is 23.4 Å². The van der Waals surface area contributed by atoms with Crippen molar-refractivity contribution < 1.29 is 132 Å². The van der Waals surface area contributed by atoms with Gasteiger partial charge in [0.25, 0.3) is 5.91 Å².